The molecular weight excluding hydrogens is 206 g/mol. The first-order valence-corrected chi connectivity index (χ1v) is 7.30. The molecule has 0 aromatic rings. The molecule has 0 aromatic heterocycles. The third-order valence-corrected chi connectivity index (χ3v) is 3.37. The summed E-state index contributed by atoms with van der Waals surface area (Å²) in [6.45, 7) is 16.8. The third kappa shape index (κ3) is 10.9. The fourth-order valence-corrected chi connectivity index (χ4v) is 1.94. The molecule has 0 fully saturated rings. The van der Waals surface area contributed by atoms with Crippen LogP contribution in [0.15, 0.2) is 0 Å². The van der Waals surface area contributed by atoms with Crippen LogP contribution in [0, 0.1) is 5.41 Å². The lowest BCUT2D eigenvalue weighted by atomic mass is 9.28. The predicted octanol–water partition coefficient (Wildman–Crippen LogP) is 3.57. The average molecular weight is 238 g/mol. The highest BCUT2D eigenvalue weighted by Gasteiger charge is 2.22. The highest BCUT2D eigenvalue weighted by Crippen LogP contribution is 2.20. The highest BCUT2D eigenvalue weighted by molar-refractivity contribution is 7.02. The zero-order valence-corrected chi connectivity index (χ0v) is 13.2. The third-order valence-electron chi connectivity index (χ3n) is 3.37. The minimum absolute atomic E-state index is 0.0489. The Kier molecular flexibility index (Phi) is 7.55. The van der Waals surface area contributed by atoms with Crippen molar-refractivity contribution < 1.29 is 4.74 Å². The summed E-state index contributed by atoms with van der Waals surface area (Å²) in [6.07, 6.45) is 3.78. The van der Waals surface area contributed by atoms with Gasteiger partial charge in [-0.15, -0.1) is 0 Å². The lowest BCUT2D eigenvalue weighted by molar-refractivity contribution is 0.0295. The standard InChI is InChI=1S/C14H32B2O/c1-8-9-12(2)15-16-14(6,7)17-11-10-13(3,4)5/h12,15-16H,8-11H2,1-7H3. The van der Waals surface area contributed by atoms with Gasteiger partial charge in [0.2, 0.25) is 0 Å². The van der Waals surface area contributed by atoms with Crippen molar-refractivity contribution in [1.82, 2.24) is 0 Å². The van der Waals surface area contributed by atoms with Gasteiger partial charge in [0.05, 0.1) is 7.17 Å². The van der Waals surface area contributed by atoms with E-state index >= 15 is 0 Å². The van der Waals surface area contributed by atoms with Crippen LogP contribution in [0.1, 0.15) is 67.7 Å². The Hall–Kier alpha value is 0.0899. The van der Waals surface area contributed by atoms with Crippen molar-refractivity contribution in [1.29, 1.82) is 0 Å². The van der Waals surface area contributed by atoms with E-state index in [1.54, 1.807) is 0 Å². The lowest BCUT2D eigenvalue weighted by Crippen LogP contribution is -2.37. The van der Waals surface area contributed by atoms with Crippen molar-refractivity contribution in [2.45, 2.75) is 79.0 Å². The molecular formula is C14H32B2O. The lowest BCUT2D eigenvalue weighted by Gasteiger charge is -2.28. The second kappa shape index (κ2) is 7.51. The fourth-order valence-electron chi connectivity index (χ4n) is 1.94. The molecule has 0 heterocycles. The van der Waals surface area contributed by atoms with Crippen molar-refractivity contribution in [3.63, 3.8) is 0 Å². The predicted molar refractivity (Wildman–Crippen MR) is 82.7 cm³/mol. The minimum Gasteiger partial charge on any atom is -0.385 e. The second-order valence-electron chi connectivity index (χ2n) is 7.35. The van der Waals surface area contributed by atoms with Gasteiger partial charge < -0.3 is 4.74 Å². The number of ether oxygens (including phenoxy) is 1. The molecule has 0 saturated carbocycles. The summed E-state index contributed by atoms with van der Waals surface area (Å²) in [4.78, 5) is 0. The summed E-state index contributed by atoms with van der Waals surface area (Å²) in [6, 6.07) is 0. The van der Waals surface area contributed by atoms with Crippen LogP contribution in [0.25, 0.3) is 0 Å². The van der Waals surface area contributed by atoms with Crippen LogP contribution in [-0.4, -0.2) is 26.4 Å². The maximum Gasteiger partial charge on any atom is 0.127 e. The largest absolute Gasteiger partial charge is 0.385 e. The van der Waals surface area contributed by atoms with E-state index < -0.39 is 0 Å². The quantitative estimate of drug-likeness (QED) is 0.587. The van der Waals surface area contributed by atoms with Crippen LogP contribution in [-0.2, 0) is 4.74 Å². The van der Waals surface area contributed by atoms with E-state index in [9.17, 15) is 0 Å². The second-order valence-corrected chi connectivity index (χ2v) is 7.35. The summed E-state index contributed by atoms with van der Waals surface area (Å²) in [7, 11) is 2.47. The molecule has 0 aliphatic rings. The topological polar surface area (TPSA) is 9.23 Å². The van der Waals surface area contributed by atoms with Crippen LogP contribution in [0.2, 0.25) is 5.82 Å². The van der Waals surface area contributed by atoms with E-state index in [1.165, 1.54) is 27.2 Å². The summed E-state index contributed by atoms with van der Waals surface area (Å²) in [5.74, 6) is 0.838. The van der Waals surface area contributed by atoms with Gasteiger partial charge in [-0.25, -0.2) is 0 Å². The van der Waals surface area contributed by atoms with Crippen molar-refractivity contribution in [3.05, 3.63) is 0 Å². The molecule has 0 spiro atoms. The molecule has 0 saturated heterocycles. The minimum atomic E-state index is 0.0489. The van der Waals surface area contributed by atoms with Crippen molar-refractivity contribution in [2.75, 3.05) is 6.61 Å². The summed E-state index contributed by atoms with van der Waals surface area (Å²) in [5.41, 5.74) is 0.429. The van der Waals surface area contributed by atoms with Crippen molar-refractivity contribution >= 4 is 14.3 Å². The Morgan fingerprint density at radius 1 is 1.12 bits per heavy atom. The Labute approximate surface area is 111 Å². The van der Waals surface area contributed by atoms with Gasteiger partial charge in [-0.2, -0.15) is 0 Å². The molecule has 17 heavy (non-hydrogen) atoms. The van der Waals surface area contributed by atoms with E-state index in [4.69, 9.17) is 4.74 Å². The molecule has 1 unspecified atom stereocenters. The molecule has 0 amide bonds. The maximum atomic E-state index is 6.03. The summed E-state index contributed by atoms with van der Waals surface area (Å²) < 4.78 is 6.03. The first kappa shape index (κ1) is 17.1. The molecule has 0 aromatic carbocycles. The molecule has 0 N–H and O–H groups in total. The first-order chi connectivity index (χ1) is 7.66. The van der Waals surface area contributed by atoms with E-state index in [0.717, 1.165) is 18.8 Å². The van der Waals surface area contributed by atoms with Gasteiger partial charge in [0.15, 0.2) is 0 Å². The van der Waals surface area contributed by atoms with Gasteiger partial charge in [-0.3, -0.25) is 0 Å². The highest BCUT2D eigenvalue weighted by atomic mass is 16.5. The van der Waals surface area contributed by atoms with Crippen molar-refractivity contribution in [3.8, 4) is 0 Å². The zero-order valence-electron chi connectivity index (χ0n) is 13.2. The SMILES string of the molecule is CCCC(C)BBC(C)(C)OCCC(C)(C)C. The van der Waals surface area contributed by atoms with Crippen LogP contribution in [0.5, 0.6) is 0 Å². The summed E-state index contributed by atoms with van der Waals surface area (Å²) >= 11 is 0. The Morgan fingerprint density at radius 3 is 2.18 bits per heavy atom. The van der Waals surface area contributed by atoms with Gasteiger partial charge in [0, 0.05) is 12.1 Å². The van der Waals surface area contributed by atoms with Gasteiger partial charge in [-0.1, -0.05) is 53.3 Å². The van der Waals surface area contributed by atoms with Crippen molar-refractivity contribution in [2.24, 2.45) is 5.41 Å². The fraction of sp³-hybridized carbons (Fsp3) is 1.00. The number of rotatable bonds is 8. The number of hydrogen-bond acceptors (Lipinski definition) is 1. The normalized spacial score (nSPS) is 14.5. The smallest absolute Gasteiger partial charge is 0.127 e. The van der Waals surface area contributed by atoms with Crippen LogP contribution in [0.4, 0.5) is 0 Å². The van der Waals surface area contributed by atoms with Gasteiger partial charge in [0.1, 0.15) is 7.17 Å². The molecule has 0 aliphatic heterocycles. The molecule has 100 valence electrons. The van der Waals surface area contributed by atoms with E-state index in [1.807, 2.05) is 0 Å². The van der Waals surface area contributed by atoms with Crippen LogP contribution < -0.4 is 0 Å². The molecule has 0 bridgehead atoms. The van der Waals surface area contributed by atoms with Gasteiger partial charge in [0.25, 0.3) is 0 Å². The van der Waals surface area contributed by atoms with Gasteiger partial charge >= 0.3 is 0 Å². The Morgan fingerprint density at radius 2 is 1.71 bits per heavy atom. The molecule has 1 nitrogen and oxygen atoms in total. The summed E-state index contributed by atoms with van der Waals surface area (Å²) in [5, 5.41) is 0. The molecule has 0 rings (SSSR count). The molecule has 1 atom stereocenters. The average Bonchev–Trinajstić information content (AvgIpc) is 2.13. The van der Waals surface area contributed by atoms with E-state index in [2.05, 4.69) is 48.5 Å². The maximum absolute atomic E-state index is 6.03. The van der Waals surface area contributed by atoms with E-state index in [-0.39, 0.29) is 5.50 Å². The Bertz CT molecular complexity index is 197. The molecule has 3 heteroatoms. The van der Waals surface area contributed by atoms with Crippen LogP contribution >= 0.6 is 0 Å². The van der Waals surface area contributed by atoms with Crippen LogP contribution in [0.3, 0.4) is 0 Å². The zero-order chi connectivity index (χ0) is 13.5. The Balaban J connectivity index is 3.79. The first-order valence-electron chi connectivity index (χ1n) is 7.30. The molecule has 0 radical (unpaired) electrons. The van der Waals surface area contributed by atoms with Gasteiger partial charge in [-0.05, 0) is 25.7 Å². The number of hydrogen-bond donors (Lipinski definition) is 0. The monoisotopic (exact) mass is 238 g/mol. The van der Waals surface area contributed by atoms with E-state index in [0.29, 0.717) is 5.41 Å². The molecule has 0 aliphatic carbocycles.